The third-order valence-electron chi connectivity index (χ3n) is 5.88. The van der Waals surface area contributed by atoms with Crippen LogP contribution in [-0.2, 0) is 29.4 Å². The SMILES string of the molecule is O=S(=O)(c1ccc2c(c1)CCC2)N1CC[NH+](Cc2nc3ccccc3o2)CC1. The van der Waals surface area contributed by atoms with Crippen molar-refractivity contribution >= 4 is 21.1 Å². The van der Waals surface area contributed by atoms with Crippen LogP contribution >= 0.6 is 0 Å². The van der Waals surface area contributed by atoms with Gasteiger partial charge in [0.2, 0.25) is 10.0 Å². The highest BCUT2D eigenvalue weighted by atomic mass is 32.2. The molecule has 0 saturated carbocycles. The predicted molar refractivity (Wildman–Crippen MR) is 106 cm³/mol. The summed E-state index contributed by atoms with van der Waals surface area (Å²) < 4.78 is 33.5. The topological polar surface area (TPSA) is 67.8 Å². The standard InChI is InChI=1S/C21H23N3O3S/c25-28(26,18-9-8-16-4-3-5-17(16)14-18)24-12-10-23(11-13-24)15-21-22-19-6-1-2-7-20(19)27-21/h1-2,6-9,14H,3-5,10-13,15H2/p+1. The van der Waals surface area contributed by atoms with E-state index < -0.39 is 10.0 Å². The third-order valence-corrected chi connectivity index (χ3v) is 7.77. The first kappa shape index (κ1) is 17.8. The molecule has 1 aliphatic heterocycles. The van der Waals surface area contributed by atoms with E-state index >= 15 is 0 Å². The van der Waals surface area contributed by atoms with E-state index in [9.17, 15) is 8.42 Å². The molecule has 3 aromatic rings. The summed E-state index contributed by atoms with van der Waals surface area (Å²) in [6, 6.07) is 13.4. The van der Waals surface area contributed by atoms with Crippen molar-refractivity contribution in [2.24, 2.45) is 0 Å². The average Bonchev–Trinajstić information content (AvgIpc) is 3.33. The van der Waals surface area contributed by atoms with Crippen LogP contribution in [0.25, 0.3) is 11.1 Å². The molecule has 0 amide bonds. The van der Waals surface area contributed by atoms with Crippen LogP contribution in [0.5, 0.6) is 0 Å². The van der Waals surface area contributed by atoms with Gasteiger partial charge >= 0.3 is 0 Å². The minimum absolute atomic E-state index is 0.440. The molecule has 1 saturated heterocycles. The molecular formula is C21H24N3O3S+. The van der Waals surface area contributed by atoms with Gasteiger partial charge in [0, 0.05) is 0 Å². The Morgan fingerprint density at radius 1 is 1.04 bits per heavy atom. The predicted octanol–water partition coefficient (Wildman–Crippen LogP) is 1.41. The average molecular weight is 399 g/mol. The Morgan fingerprint density at radius 2 is 1.82 bits per heavy atom. The number of hydrogen-bond donors (Lipinski definition) is 1. The van der Waals surface area contributed by atoms with Crippen molar-refractivity contribution < 1.29 is 17.7 Å². The number of nitrogens with zero attached hydrogens (tertiary/aromatic N) is 2. The Labute approximate surface area is 164 Å². The van der Waals surface area contributed by atoms with Crippen LogP contribution in [0.15, 0.2) is 51.8 Å². The quantitative estimate of drug-likeness (QED) is 0.722. The van der Waals surface area contributed by atoms with Gasteiger partial charge in [-0.25, -0.2) is 13.4 Å². The Morgan fingerprint density at radius 3 is 2.64 bits per heavy atom. The van der Waals surface area contributed by atoms with Crippen molar-refractivity contribution in [2.75, 3.05) is 26.2 Å². The van der Waals surface area contributed by atoms with Gasteiger partial charge < -0.3 is 9.32 Å². The zero-order chi connectivity index (χ0) is 19.1. The fourth-order valence-electron chi connectivity index (χ4n) is 4.29. The van der Waals surface area contributed by atoms with Crippen LogP contribution in [0.1, 0.15) is 23.4 Å². The van der Waals surface area contributed by atoms with E-state index in [1.54, 1.807) is 10.4 Å². The molecule has 2 aromatic carbocycles. The van der Waals surface area contributed by atoms with Gasteiger partial charge in [0.05, 0.1) is 31.1 Å². The van der Waals surface area contributed by atoms with Gasteiger partial charge in [-0.05, 0) is 54.7 Å². The molecule has 7 heteroatoms. The largest absolute Gasteiger partial charge is 0.435 e. The van der Waals surface area contributed by atoms with Gasteiger partial charge in [0.1, 0.15) is 5.52 Å². The van der Waals surface area contributed by atoms with Gasteiger partial charge in [-0.3, -0.25) is 0 Å². The normalized spacial score (nSPS) is 18.6. The Hall–Kier alpha value is -2.22. The summed E-state index contributed by atoms with van der Waals surface area (Å²) in [7, 11) is -3.42. The Bertz CT molecular complexity index is 1080. The lowest BCUT2D eigenvalue weighted by Gasteiger charge is -2.31. The number of benzene rings is 2. The number of hydrogen-bond acceptors (Lipinski definition) is 4. The molecule has 0 radical (unpaired) electrons. The van der Waals surface area contributed by atoms with Crippen molar-refractivity contribution in [3.8, 4) is 0 Å². The molecule has 2 heterocycles. The Balaban J connectivity index is 1.26. The minimum atomic E-state index is -3.42. The third kappa shape index (κ3) is 3.23. The minimum Gasteiger partial charge on any atom is -0.435 e. The number of piperazine rings is 1. The van der Waals surface area contributed by atoms with Gasteiger partial charge in [-0.15, -0.1) is 0 Å². The molecule has 5 rings (SSSR count). The number of aromatic nitrogens is 1. The molecule has 1 aliphatic carbocycles. The van der Waals surface area contributed by atoms with Gasteiger partial charge in [0.15, 0.2) is 12.1 Å². The number of nitrogens with one attached hydrogen (secondary N) is 1. The summed E-state index contributed by atoms with van der Waals surface area (Å²) in [6.45, 7) is 3.23. The molecule has 1 fully saturated rings. The second kappa shape index (κ2) is 6.99. The summed E-state index contributed by atoms with van der Waals surface area (Å²) in [5.41, 5.74) is 4.16. The van der Waals surface area contributed by atoms with E-state index in [0.717, 1.165) is 43.5 Å². The second-order valence-corrected chi connectivity index (χ2v) is 9.63. The zero-order valence-corrected chi connectivity index (χ0v) is 16.5. The smallest absolute Gasteiger partial charge is 0.251 e. The number of oxazole rings is 1. The van der Waals surface area contributed by atoms with Gasteiger partial charge in [-0.1, -0.05) is 18.2 Å². The molecule has 0 atom stereocenters. The first-order valence-corrected chi connectivity index (χ1v) is 11.3. The molecule has 0 spiro atoms. The summed E-state index contributed by atoms with van der Waals surface area (Å²) in [6.07, 6.45) is 3.17. The monoisotopic (exact) mass is 398 g/mol. The van der Waals surface area contributed by atoms with E-state index in [1.807, 2.05) is 36.4 Å². The van der Waals surface area contributed by atoms with E-state index in [1.165, 1.54) is 16.0 Å². The van der Waals surface area contributed by atoms with Crippen LogP contribution in [0.2, 0.25) is 0 Å². The summed E-state index contributed by atoms with van der Waals surface area (Å²) in [5, 5.41) is 0. The molecule has 6 nitrogen and oxygen atoms in total. The molecule has 146 valence electrons. The highest BCUT2D eigenvalue weighted by Crippen LogP contribution is 2.26. The summed E-state index contributed by atoms with van der Waals surface area (Å²) in [5.74, 6) is 0.714. The molecule has 2 aliphatic rings. The van der Waals surface area contributed by atoms with Crippen LogP contribution in [0.4, 0.5) is 0 Å². The molecule has 28 heavy (non-hydrogen) atoms. The maximum atomic E-state index is 13.1. The van der Waals surface area contributed by atoms with E-state index in [2.05, 4.69) is 4.98 Å². The van der Waals surface area contributed by atoms with Crippen LogP contribution < -0.4 is 4.90 Å². The lowest BCUT2D eigenvalue weighted by molar-refractivity contribution is -0.918. The highest BCUT2D eigenvalue weighted by molar-refractivity contribution is 7.89. The lowest BCUT2D eigenvalue weighted by atomic mass is 10.1. The first-order chi connectivity index (χ1) is 13.6. The number of sulfonamides is 1. The number of fused-ring (bicyclic) bond motifs is 2. The van der Waals surface area contributed by atoms with Crippen molar-refractivity contribution in [2.45, 2.75) is 30.7 Å². The first-order valence-electron chi connectivity index (χ1n) is 9.89. The highest BCUT2D eigenvalue weighted by Gasteiger charge is 2.31. The van der Waals surface area contributed by atoms with Crippen LogP contribution in [0, 0.1) is 0 Å². The molecule has 1 N–H and O–H groups in total. The number of aryl methyl sites for hydroxylation is 2. The second-order valence-electron chi connectivity index (χ2n) is 7.69. The lowest BCUT2D eigenvalue weighted by Crippen LogP contribution is -3.13. The fraction of sp³-hybridized carbons (Fsp3) is 0.381. The molecule has 0 bridgehead atoms. The van der Waals surface area contributed by atoms with E-state index in [-0.39, 0.29) is 0 Å². The van der Waals surface area contributed by atoms with Gasteiger partial charge in [0.25, 0.3) is 5.89 Å². The van der Waals surface area contributed by atoms with E-state index in [0.29, 0.717) is 30.4 Å². The van der Waals surface area contributed by atoms with Crippen LogP contribution in [0.3, 0.4) is 0 Å². The van der Waals surface area contributed by atoms with Crippen LogP contribution in [-0.4, -0.2) is 43.9 Å². The summed E-state index contributed by atoms with van der Waals surface area (Å²) >= 11 is 0. The van der Waals surface area contributed by atoms with Crippen molar-refractivity contribution in [1.29, 1.82) is 0 Å². The van der Waals surface area contributed by atoms with Crippen molar-refractivity contribution in [1.82, 2.24) is 9.29 Å². The van der Waals surface area contributed by atoms with Crippen molar-refractivity contribution in [3.63, 3.8) is 0 Å². The maximum Gasteiger partial charge on any atom is 0.251 e. The number of para-hydroxylation sites is 2. The molecule has 1 aromatic heterocycles. The van der Waals surface area contributed by atoms with Gasteiger partial charge in [-0.2, -0.15) is 4.31 Å². The molecular weight excluding hydrogens is 374 g/mol. The fourth-order valence-corrected chi connectivity index (χ4v) is 5.78. The van der Waals surface area contributed by atoms with E-state index in [4.69, 9.17) is 4.42 Å². The Kier molecular flexibility index (Phi) is 4.45. The summed E-state index contributed by atoms with van der Waals surface area (Å²) in [4.78, 5) is 6.27. The van der Waals surface area contributed by atoms with Crippen molar-refractivity contribution in [3.05, 3.63) is 59.5 Å². The zero-order valence-electron chi connectivity index (χ0n) is 15.7. The number of rotatable bonds is 4. The maximum absolute atomic E-state index is 13.1. The molecule has 0 unspecified atom stereocenters. The number of quaternary nitrogens is 1.